The van der Waals surface area contributed by atoms with Gasteiger partial charge >= 0.3 is 0 Å². The van der Waals surface area contributed by atoms with E-state index in [0.717, 1.165) is 6.42 Å². The molecule has 0 spiro atoms. The molecule has 0 aromatic heterocycles. The maximum atomic E-state index is 3.42. The molecule has 2 heterocycles. The molecule has 0 fully saturated rings. The first-order chi connectivity index (χ1) is 7.72. The lowest BCUT2D eigenvalue weighted by molar-refractivity contribution is -0.535. The van der Waals surface area contributed by atoms with Gasteiger partial charge in [0.15, 0.2) is 0 Å². The quantitative estimate of drug-likeness (QED) is 0.441. The van der Waals surface area contributed by atoms with Crippen molar-refractivity contribution in [1.82, 2.24) is 5.32 Å². The fourth-order valence-electron chi connectivity index (χ4n) is 2.47. The van der Waals surface area contributed by atoms with Gasteiger partial charge in [-0.15, -0.1) is 0 Å². The molecule has 0 saturated carbocycles. The van der Waals surface area contributed by atoms with E-state index in [1.165, 1.54) is 28.0 Å². The molecule has 0 bridgehead atoms. The van der Waals surface area contributed by atoms with Gasteiger partial charge < -0.3 is 39.3 Å². The van der Waals surface area contributed by atoms with E-state index in [-0.39, 0.29) is 34.0 Å². The fourth-order valence-corrected chi connectivity index (χ4v) is 2.47. The molecule has 0 radical (unpaired) electrons. The van der Waals surface area contributed by atoms with Crippen molar-refractivity contribution in [2.24, 2.45) is 0 Å². The first-order valence-electron chi connectivity index (χ1n) is 5.80. The Morgan fingerprint density at radius 2 is 2.00 bits per heavy atom. The van der Waals surface area contributed by atoms with Gasteiger partial charge in [0.05, 0.1) is 12.2 Å². The molecule has 2 aliphatic heterocycles. The van der Waals surface area contributed by atoms with Gasteiger partial charge in [0, 0.05) is 24.3 Å². The van der Waals surface area contributed by atoms with Crippen molar-refractivity contribution in [2.75, 3.05) is 0 Å². The van der Waals surface area contributed by atoms with E-state index < -0.39 is 0 Å². The number of dihydropyridines is 1. The molecule has 1 unspecified atom stereocenters. The van der Waals surface area contributed by atoms with Crippen LogP contribution < -0.4 is 44.6 Å². The number of allylic oxidation sites excluding steroid dienone is 4. The van der Waals surface area contributed by atoms with E-state index in [1.54, 1.807) is 0 Å². The van der Waals surface area contributed by atoms with E-state index >= 15 is 0 Å². The highest BCUT2D eigenvalue weighted by Gasteiger charge is 2.25. The predicted octanol–water partition coefficient (Wildman–Crippen LogP) is -4.51. The van der Waals surface area contributed by atoms with Crippen molar-refractivity contribution in [2.45, 2.75) is 26.3 Å². The van der Waals surface area contributed by atoms with E-state index in [1.807, 2.05) is 0 Å². The molecule has 98 valence electrons. The SMILES string of the molecule is CC1=CNC2C=C3[NH2+]C=C(C)CC3=CC2=C1.[Br-].[Br-]. The molecule has 0 aromatic carbocycles. The smallest absolute Gasteiger partial charge is 0.136 e. The summed E-state index contributed by atoms with van der Waals surface area (Å²) in [7, 11) is 0. The van der Waals surface area contributed by atoms with Gasteiger partial charge in [-0.3, -0.25) is 5.32 Å². The third-order valence-corrected chi connectivity index (χ3v) is 3.32. The van der Waals surface area contributed by atoms with Crippen molar-refractivity contribution < 1.29 is 39.3 Å². The van der Waals surface area contributed by atoms with E-state index in [2.05, 4.69) is 55.1 Å². The largest absolute Gasteiger partial charge is 1.00 e. The van der Waals surface area contributed by atoms with Crippen molar-refractivity contribution in [3.63, 3.8) is 0 Å². The van der Waals surface area contributed by atoms with Gasteiger partial charge in [-0.1, -0.05) is 6.08 Å². The number of rotatable bonds is 0. The molecular weight excluding hydrogens is 356 g/mol. The lowest BCUT2D eigenvalue weighted by Crippen LogP contribution is -3.00. The molecule has 3 rings (SSSR count). The second-order valence-electron chi connectivity index (χ2n) is 4.83. The lowest BCUT2D eigenvalue weighted by Gasteiger charge is -2.27. The van der Waals surface area contributed by atoms with E-state index in [0.29, 0.717) is 6.04 Å². The third-order valence-electron chi connectivity index (χ3n) is 3.32. The van der Waals surface area contributed by atoms with Crippen LogP contribution in [-0.4, -0.2) is 6.04 Å². The molecule has 1 atom stereocenters. The first-order valence-corrected chi connectivity index (χ1v) is 5.80. The molecule has 0 saturated heterocycles. The molecule has 3 N–H and O–H groups in total. The standard InChI is InChI=1S/C14H16N2.2BrH/c1-9-3-11-5-12-4-10(2)8-16-14(12)6-13(11)15-7-9;;/h3,5-8,13,15-16H,4H2,1-2H3;2*1H/p-1. The first kappa shape index (κ1) is 15.5. The second kappa shape index (κ2) is 6.04. The summed E-state index contributed by atoms with van der Waals surface area (Å²) in [4.78, 5) is 0. The number of fused-ring (bicyclic) bond motifs is 2. The van der Waals surface area contributed by atoms with Crippen molar-refractivity contribution in [3.05, 3.63) is 58.6 Å². The summed E-state index contributed by atoms with van der Waals surface area (Å²) >= 11 is 0. The minimum absolute atomic E-state index is 0. The molecule has 1 aliphatic carbocycles. The number of quaternary nitrogens is 1. The monoisotopic (exact) mass is 371 g/mol. The minimum atomic E-state index is 0. The highest BCUT2D eigenvalue weighted by Crippen LogP contribution is 2.28. The van der Waals surface area contributed by atoms with Gasteiger partial charge in [0.25, 0.3) is 0 Å². The van der Waals surface area contributed by atoms with E-state index in [4.69, 9.17) is 0 Å². The van der Waals surface area contributed by atoms with Crippen LogP contribution >= 0.6 is 0 Å². The Morgan fingerprint density at radius 3 is 2.78 bits per heavy atom. The Balaban J connectivity index is 0.000000810. The normalized spacial score (nSPS) is 24.3. The zero-order valence-corrected chi connectivity index (χ0v) is 13.7. The predicted molar refractivity (Wildman–Crippen MR) is 65.2 cm³/mol. The van der Waals surface area contributed by atoms with Gasteiger partial charge in [-0.2, -0.15) is 0 Å². The fraction of sp³-hybridized carbons (Fsp3) is 0.286. The van der Waals surface area contributed by atoms with Gasteiger partial charge in [0.1, 0.15) is 5.70 Å². The van der Waals surface area contributed by atoms with Crippen LogP contribution in [0.4, 0.5) is 0 Å². The maximum absolute atomic E-state index is 3.42. The van der Waals surface area contributed by atoms with Crippen LogP contribution in [0.3, 0.4) is 0 Å². The summed E-state index contributed by atoms with van der Waals surface area (Å²) in [6.45, 7) is 4.32. The van der Waals surface area contributed by atoms with Crippen LogP contribution in [0.5, 0.6) is 0 Å². The second-order valence-corrected chi connectivity index (χ2v) is 4.83. The Kier molecular flexibility index (Phi) is 5.20. The van der Waals surface area contributed by atoms with Crippen molar-refractivity contribution in [3.8, 4) is 0 Å². The van der Waals surface area contributed by atoms with Gasteiger partial charge in [0.2, 0.25) is 0 Å². The average molecular weight is 373 g/mol. The van der Waals surface area contributed by atoms with Crippen LogP contribution in [0.25, 0.3) is 0 Å². The molecule has 0 aromatic rings. The molecule has 2 nitrogen and oxygen atoms in total. The maximum Gasteiger partial charge on any atom is 0.136 e. The molecular formula is C14H17Br2N2-. The summed E-state index contributed by atoms with van der Waals surface area (Å²) in [6, 6.07) is 0.366. The van der Waals surface area contributed by atoms with Crippen LogP contribution in [0.1, 0.15) is 20.3 Å². The highest BCUT2D eigenvalue weighted by atomic mass is 79.9. The van der Waals surface area contributed by atoms with E-state index in [9.17, 15) is 0 Å². The van der Waals surface area contributed by atoms with Crippen LogP contribution in [0.15, 0.2) is 58.6 Å². The zero-order chi connectivity index (χ0) is 11.1. The Labute approximate surface area is 129 Å². The lowest BCUT2D eigenvalue weighted by atomic mass is 9.88. The molecule has 4 heteroatoms. The summed E-state index contributed by atoms with van der Waals surface area (Å²) in [5, 5.41) is 5.65. The Hall–Kier alpha value is -0.580. The summed E-state index contributed by atoms with van der Waals surface area (Å²) in [5.41, 5.74) is 6.97. The van der Waals surface area contributed by atoms with Crippen LogP contribution in [0.2, 0.25) is 0 Å². The Morgan fingerprint density at radius 1 is 1.22 bits per heavy atom. The topological polar surface area (TPSA) is 28.6 Å². The zero-order valence-electron chi connectivity index (χ0n) is 10.5. The Bertz CT molecular complexity index is 496. The summed E-state index contributed by atoms with van der Waals surface area (Å²) in [5.74, 6) is 0. The highest BCUT2D eigenvalue weighted by molar-refractivity contribution is 5.50. The average Bonchev–Trinajstić information content (AvgIpc) is 2.26. The van der Waals surface area contributed by atoms with Crippen LogP contribution in [-0.2, 0) is 0 Å². The third kappa shape index (κ3) is 2.87. The van der Waals surface area contributed by atoms with Crippen molar-refractivity contribution in [1.29, 1.82) is 0 Å². The molecule has 3 aliphatic rings. The molecule has 18 heavy (non-hydrogen) atoms. The minimum Gasteiger partial charge on any atom is -1.00 e. The van der Waals surface area contributed by atoms with Crippen LogP contribution in [0, 0.1) is 0 Å². The number of halogens is 2. The van der Waals surface area contributed by atoms with Gasteiger partial charge in [-0.25, -0.2) is 0 Å². The van der Waals surface area contributed by atoms with Gasteiger partial charge in [-0.05, 0) is 36.6 Å². The number of hydrogen-bond acceptors (Lipinski definition) is 1. The van der Waals surface area contributed by atoms with Crippen molar-refractivity contribution >= 4 is 0 Å². The number of nitrogens with one attached hydrogen (secondary N) is 1. The summed E-state index contributed by atoms with van der Waals surface area (Å²) < 4.78 is 0. The molecule has 0 amide bonds. The number of nitrogens with two attached hydrogens (primary N) is 1. The summed E-state index contributed by atoms with van der Waals surface area (Å²) in [6.07, 6.45) is 12.4. The number of hydrogen-bond donors (Lipinski definition) is 2.